The standard InChI is InChI=1S/C21H19N5O2S.BrH/c1-3-28-18-12-8-7-11-16(18)23-24-19-14(2)25-26(20(19)27)21-22-17(13-29-21)15-9-5-4-6-10-15;/h4-13,25H,3H2,1-2H3;1H. The number of para-hydroxylation sites is 1. The van der Waals surface area contributed by atoms with Gasteiger partial charge in [0, 0.05) is 10.9 Å². The van der Waals surface area contributed by atoms with Crippen LogP contribution in [0, 0.1) is 6.92 Å². The summed E-state index contributed by atoms with van der Waals surface area (Å²) in [5.41, 5.74) is 2.95. The van der Waals surface area contributed by atoms with Crippen LogP contribution in [0.4, 0.5) is 11.4 Å². The van der Waals surface area contributed by atoms with Gasteiger partial charge in [-0.05, 0) is 26.0 Å². The zero-order valence-electron chi connectivity index (χ0n) is 16.4. The number of aromatic nitrogens is 3. The number of hydrogen-bond acceptors (Lipinski definition) is 6. The number of rotatable bonds is 6. The van der Waals surface area contributed by atoms with Gasteiger partial charge in [-0.15, -0.1) is 38.5 Å². The van der Waals surface area contributed by atoms with Crippen LogP contribution in [0.2, 0.25) is 0 Å². The molecular formula is C21H20BrN5O2S. The molecule has 0 amide bonds. The van der Waals surface area contributed by atoms with E-state index in [1.807, 2.05) is 60.8 Å². The van der Waals surface area contributed by atoms with E-state index < -0.39 is 0 Å². The smallest absolute Gasteiger partial charge is 0.301 e. The van der Waals surface area contributed by atoms with Gasteiger partial charge in [-0.2, -0.15) is 4.68 Å². The Balaban J connectivity index is 0.00000256. The lowest BCUT2D eigenvalue weighted by Crippen LogP contribution is -2.13. The summed E-state index contributed by atoms with van der Waals surface area (Å²) in [5.74, 6) is 0.625. The molecule has 30 heavy (non-hydrogen) atoms. The first-order valence-corrected chi connectivity index (χ1v) is 10.0. The second-order valence-electron chi connectivity index (χ2n) is 6.21. The molecule has 2 aromatic carbocycles. The minimum absolute atomic E-state index is 0. The van der Waals surface area contributed by atoms with E-state index in [2.05, 4.69) is 20.3 Å². The van der Waals surface area contributed by atoms with Crippen LogP contribution in [-0.4, -0.2) is 21.4 Å². The molecule has 0 aliphatic rings. The van der Waals surface area contributed by atoms with Crippen LogP contribution < -0.4 is 10.3 Å². The molecule has 0 saturated heterocycles. The summed E-state index contributed by atoms with van der Waals surface area (Å²) < 4.78 is 6.95. The Bertz CT molecular complexity index is 1210. The van der Waals surface area contributed by atoms with Gasteiger partial charge < -0.3 is 4.74 Å². The van der Waals surface area contributed by atoms with E-state index >= 15 is 0 Å². The van der Waals surface area contributed by atoms with Crippen LogP contribution in [0.3, 0.4) is 0 Å². The van der Waals surface area contributed by atoms with Crippen LogP contribution in [-0.2, 0) is 0 Å². The van der Waals surface area contributed by atoms with Gasteiger partial charge in [0.25, 0.3) is 0 Å². The number of nitrogens with zero attached hydrogens (tertiary/aromatic N) is 4. The fourth-order valence-electron chi connectivity index (χ4n) is 2.82. The molecule has 154 valence electrons. The number of thiazole rings is 1. The number of ether oxygens (including phenoxy) is 1. The van der Waals surface area contributed by atoms with Crippen LogP contribution in [0.1, 0.15) is 12.6 Å². The van der Waals surface area contributed by atoms with Gasteiger partial charge in [0.15, 0.2) is 5.69 Å². The van der Waals surface area contributed by atoms with Crippen LogP contribution >= 0.6 is 28.3 Å². The molecule has 9 heteroatoms. The third kappa shape index (κ3) is 4.42. The summed E-state index contributed by atoms with van der Waals surface area (Å²) >= 11 is 1.39. The Kier molecular flexibility index (Phi) is 6.96. The van der Waals surface area contributed by atoms with Crippen molar-refractivity contribution in [3.63, 3.8) is 0 Å². The molecule has 0 saturated carbocycles. The van der Waals surface area contributed by atoms with Gasteiger partial charge in [-0.25, -0.2) is 4.98 Å². The largest absolute Gasteiger partial charge is 0.492 e. The lowest BCUT2D eigenvalue weighted by molar-refractivity contribution is 0.341. The fourth-order valence-corrected chi connectivity index (χ4v) is 3.61. The van der Waals surface area contributed by atoms with Gasteiger partial charge in [-0.1, -0.05) is 42.5 Å². The lowest BCUT2D eigenvalue weighted by Gasteiger charge is -2.04. The van der Waals surface area contributed by atoms with E-state index in [-0.39, 0.29) is 28.2 Å². The predicted octanol–water partition coefficient (Wildman–Crippen LogP) is 5.99. The van der Waals surface area contributed by atoms with Crippen molar-refractivity contribution in [2.24, 2.45) is 10.2 Å². The van der Waals surface area contributed by atoms with Crippen LogP contribution in [0.25, 0.3) is 16.4 Å². The molecule has 0 radical (unpaired) electrons. The number of azo groups is 1. The zero-order valence-corrected chi connectivity index (χ0v) is 18.9. The first-order valence-electron chi connectivity index (χ1n) is 9.14. The minimum Gasteiger partial charge on any atom is -0.492 e. The Morgan fingerprint density at radius 1 is 1.10 bits per heavy atom. The number of aryl methyl sites for hydroxylation is 1. The molecule has 0 atom stereocenters. The van der Waals surface area contributed by atoms with Crippen molar-refractivity contribution in [3.8, 4) is 22.1 Å². The summed E-state index contributed by atoms with van der Waals surface area (Å²) in [6.07, 6.45) is 0. The maximum atomic E-state index is 12.9. The summed E-state index contributed by atoms with van der Waals surface area (Å²) in [7, 11) is 0. The van der Waals surface area contributed by atoms with Gasteiger partial charge in [-0.3, -0.25) is 9.89 Å². The molecule has 1 N–H and O–H groups in total. The molecule has 0 aliphatic heterocycles. The molecule has 4 aromatic rings. The maximum absolute atomic E-state index is 12.9. The highest BCUT2D eigenvalue weighted by atomic mass is 79.9. The van der Waals surface area contributed by atoms with Crippen molar-refractivity contribution in [2.45, 2.75) is 13.8 Å². The Morgan fingerprint density at radius 3 is 2.60 bits per heavy atom. The molecule has 0 fully saturated rings. The average Bonchev–Trinajstić information content (AvgIpc) is 3.33. The van der Waals surface area contributed by atoms with Crippen molar-refractivity contribution in [3.05, 3.63) is 76.0 Å². The van der Waals surface area contributed by atoms with E-state index in [0.717, 1.165) is 11.3 Å². The second kappa shape index (κ2) is 9.64. The van der Waals surface area contributed by atoms with E-state index in [1.54, 1.807) is 13.0 Å². The van der Waals surface area contributed by atoms with Crippen molar-refractivity contribution in [1.82, 2.24) is 14.8 Å². The molecule has 0 unspecified atom stereocenters. The van der Waals surface area contributed by atoms with Gasteiger partial charge in [0.2, 0.25) is 5.13 Å². The maximum Gasteiger partial charge on any atom is 0.301 e. The van der Waals surface area contributed by atoms with Crippen molar-refractivity contribution in [2.75, 3.05) is 6.61 Å². The van der Waals surface area contributed by atoms with Crippen molar-refractivity contribution >= 4 is 39.7 Å². The number of benzene rings is 2. The highest BCUT2D eigenvalue weighted by molar-refractivity contribution is 8.93. The monoisotopic (exact) mass is 485 g/mol. The number of H-pyrrole nitrogens is 1. The zero-order chi connectivity index (χ0) is 20.2. The molecule has 2 heterocycles. The third-order valence-corrected chi connectivity index (χ3v) is 5.04. The minimum atomic E-state index is -0.297. The molecule has 7 nitrogen and oxygen atoms in total. The quantitative estimate of drug-likeness (QED) is 0.340. The number of hydrogen-bond donors (Lipinski definition) is 1. The summed E-state index contributed by atoms with van der Waals surface area (Å²) in [6.45, 7) is 4.21. The Morgan fingerprint density at radius 2 is 1.83 bits per heavy atom. The topological polar surface area (TPSA) is 84.6 Å². The number of halogens is 1. The van der Waals surface area contributed by atoms with E-state index in [1.165, 1.54) is 16.0 Å². The molecule has 2 aromatic heterocycles. The van der Waals surface area contributed by atoms with Gasteiger partial charge in [0.1, 0.15) is 11.4 Å². The van der Waals surface area contributed by atoms with E-state index in [0.29, 0.717) is 28.9 Å². The summed E-state index contributed by atoms with van der Waals surface area (Å²) in [6, 6.07) is 17.2. The summed E-state index contributed by atoms with van der Waals surface area (Å²) in [4.78, 5) is 17.5. The summed E-state index contributed by atoms with van der Waals surface area (Å²) in [5, 5.41) is 13.9. The predicted molar refractivity (Wildman–Crippen MR) is 124 cm³/mol. The average molecular weight is 486 g/mol. The third-order valence-electron chi connectivity index (χ3n) is 4.22. The first kappa shape index (κ1) is 21.7. The normalized spacial score (nSPS) is 10.9. The second-order valence-corrected chi connectivity index (χ2v) is 7.04. The Hall–Kier alpha value is -3.04. The highest BCUT2D eigenvalue weighted by Crippen LogP contribution is 2.29. The Labute approximate surface area is 187 Å². The molecule has 0 bridgehead atoms. The molecule has 4 rings (SSSR count). The van der Waals surface area contributed by atoms with Crippen LogP contribution in [0.15, 0.2) is 75.0 Å². The SMILES string of the molecule is Br.CCOc1ccccc1N=Nc1c(C)[nH]n(-c2nc(-c3ccccc3)cs2)c1=O. The van der Waals surface area contributed by atoms with E-state index in [4.69, 9.17) is 4.74 Å². The molecular weight excluding hydrogens is 466 g/mol. The van der Waals surface area contributed by atoms with Gasteiger partial charge in [0.05, 0.1) is 18.0 Å². The number of nitrogens with one attached hydrogen (secondary N) is 1. The highest BCUT2D eigenvalue weighted by Gasteiger charge is 2.15. The van der Waals surface area contributed by atoms with Crippen molar-refractivity contribution in [1.29, 1.82) is 0 Å². The van der Waals surface area contributed by atoms with Gasteiger partial charge >= 0.3 is 5.56 Å². The number of aromatic amines is 1. The fraction of sp³-hybridized carbons (Fsp3) is 0.143. The first-order chi connectivity index (χ1) is 14.2. The van der Waals surface area contributed by atoms with Crippen LogP contribution in [0.5, 0.6) is 5.75 Å². The van der Waals surface area contributed by atoms with Crippen molar-refractivity contribution < 1.29 is 4.74 Å². The molecule has 0 spiro atoms. The van der Waals surface area contributed by atoms with E-state index in [9.17, 15) is 4.79 Å². The molecule has 0 aliphatic carbocycles. The lowest BCUT2D eigenvalue weighted by atomic mass is 10.2.